The van der Waals surface area contributed by atoms with E-state index in [-0.39, 0.29) is 12.0 Å². The molecule has 9 nitrogen and oxygen atoms in total. The van der Waals surface area contributed by atoms with Gasteiger partial charge in [-0.15, -0.1) is 16.9 Å². The Kier molecular flexibility index (Phi) is 6.09. The highest BCUT2D eigenvalue weighted by atomic mass is 32.2. The largest absolute Gasteiger partial charge is 0.461 e. The SMILES string of the molecule is CSc1ccc(-c2cn3nc(O[C@@H](C)C4=CCN(c5nc(C(C)C)no5)C=C4)sc3n2)c(F)n1. The van der Waals surface area contributed by atoms with Crippen LogP contribution in [0.5, 0.6) is 5.19 Å². The van der Waals surface area contributed by atoms with Gasteiger partial charge in [0.25, 0.3) is 5.19 Å². The monoisotopic (exact) mass is 499 g/mol. The Balaban J connectivity index is 1.25. The van der Waals surface area contributed by atoms with E-state index in [9.17, 15) is 4.39 Å². The minimum atomic E-state index is -0.547. The molecular formula is C22H22FN7O2S2. The van der Waals surface area contributed by atoms with Crippen LogP contribution in [0.15, 0.2) is 51.8 Å². The van der Waals surface area contributed by atoms with E-state index in [1.165, 1.54) is 23.1 Å². The third-order valence-electron chi connectivity index (χ3n) is 5.24. The molecule has 176 valence electrons. The number of aromatic nitrogens is 6. The van der Waals surface area contributed by atoms with Crippen molar-refractivity contribution in [2.45, 2.75) is 37.8 Å². The van der Waals surface area contributed by atoms with Gasteiger partial charge in [0, 0.05) is 18.7 Å². The van der Waals surface area contributed by atoms with Crippen LogP contribution < -0.4 is 9.64 Å². The fourth-order valence-electron chi connectivity index (χ4n) is 3.33. The van der Waals surface area contributed by atoms with E-state index in [0.29, 0.717) is 44.8 Å². The number of hydrogen-bond acceptors (Lipinski definition) is 10. The van der Waals surface area contributed by atoms with E-state index in [0.717, 1.165) is 5.57 Å². The predicted molar refractivity (Wildman–Crippen MR) is 129 cm³/mol. The molecule has 1 atom stereocenters. The molecule has 4 aromatic heterocycles. The summed E-state index contributed by atoms with van der Waals surface area (Å²) in [5, 5.41) is 9.56. The van der Waals surface area contributed by atoms with Gasteiger partial charge in [0.05, 0.1) is 22.5 Å². The van der Waals surface area contributed by atoms with Crippen molar-refractivity contribution in [2.75, 3.05) is 17.7 Å². The summed E-state index contributed by atoms with van der Waals surface area (Å²) in [4.78, 5) is 15.4. The van der Waals surface area contributed by atoms with Gasteiger partial charge < -0.3 is 9.26 Å². The number of ether oxygens (including phenoxy) is 1. The van der Waals surface area contributed by atoms with E-state index in [2.05, 4.69) is 31.3 Å². The number of nitrogens with zero attached hydrogens (tertiary/aromatic N) is 7. The summed E-state index contributed by atoms with van der Waals surface area (Å²) >= 11 is 2.69. The van der Waals surface area contributed by atoms with Crippen molar-refractivity contribution < 1.29 is 13.7 Å². The molecule has 5 rings (SSSR count). The first-order valence-corrected chi connectivity index (χ1v) is 12.7. The molecule has 5 heterocycles. The zero-order valence-corrected chi connectivity index (χ0v) is 20.6. The van der Waals surface area contributed by atoms with Crippen molar-refractivity contribution in [3.8, 4) is 16.5 Å². The number of fused-ring (bicyclic) bond motifs is 1. The van der Waals surface area contributed by atoms with Crippen LogP contribution in [-0.2, 0) is 0 Å². The minimum Gasteiger partial charge on any atom is -0.461 e. The first-order valence-electron chi connectivity index (χ1n) is 10.6. The van der Waals surface area contributed by atoms with Gasteiger partial charge in [0.1, 0.15) is 6.10 Å². The maximum atomic E-state index is 14.3. The van der Waals surface area contributed by atoms with Crippen molar-refractivity contribution in [3.63, 3.8) is 0 Å². The van der Waals surface area contributed by atoms with E-state index >= 15 is 0 Å². The Bertz CT molecular complexity index is 1360. The summed E-state index contributed by atoms with van der Waals surface area (Å²) in [5.41, 5.74) is 1.83. The molecule has 0 fully saturated rings. The quantitative estimate of drug-likeness (QED) is 0.259. The van der Waals surface area contributed by atoms with Gasteiger partial charge in [-0.05, 0) is 48.3 Å². The third-order valence-corrected chi connectivity index (χ3v) is 6.70. The zero-order valence-electron chi connectivity index (χ0n) is 19.0. The Hall–Kier alpha value is -3.25. The molecule has 0 saturated heterocycles. The molecule has 1 aliphatic heterocycles. The molecular weight excluding hydrogens is 477 g/mol. The highest BCUT2D eigenvalue weighted by Crippen LogP contribution is 2.29. The lowest BCUT2D eigenvalue weighted by molar-refractivity contribution is 0.256. The van der Waals surface area contributed by atoms with Crippen molar-refractivity contribution in [3.05, 3.63) is 54.0 Å². The number of anilines is 1. The second kappa shape index (κ2) is 9.18. The van der Waals surface area contributed by atoms with Gasteiger partial charge in [-0.2, -0.15) is 9.37 Å². The molecule has 0 aliphatic carbocycles. The average molecular weight is 500 g/mol. The van der Waals surface area contributed by atoms with Crippen LogP contribution in [0.25, 0.3) is 16.2 Å². The van der Waals surface area contributed by atoms with Crippen LogP contribution in [0.1, 0.15) is 32.5 Å². The van der Waals surface area contributed by atoms with Crippen LogP contribution in [0.3, 0.4) is 0 Å². The smallest absolute Gasteiger partial charge is 0.328 e. The maximum absolute atomic E-state index is 14.3. The number of pyridine rings is 1. The summed E-state index contributed by atoms with van der Waals surface area (Å²) in [6.45, 7) is 6.59. The lowest BCUT2D eigenvalue weighted by atomic mass is 10.1. The third kappa shape index (κ3) is 4.42. The molecule has 0 radical (unpaired) electrons. The lowest BCUT2D eigenvalue weighted by Crippen LogP contribution is -2.23. The number of halogens is 1. The van der Waals surface area contributed by atoms with Gasteiger partial charge in [-0.3, -0.25) is 4.90 Å². The van der Waals surface area contributed by atoms with Crippen LogP contribution in [0.2, 0.25) is 0 Å². The summed E-state index contributed by atoms with van der Waals surface area (Å²) in [5.74, 6) is 0.342. The molecule has 1 aliphatic rings. The predicted octanol–water partition coefficient (Wildman–Crippen LogP) is 4.95. The van der Waals surface area contributed by atoms with E-state index in [1.807, 2.05) is 44.2 Å². The highest BCUT2D eigenvalue weighted by molar-refractivity contribution is 7.98. The fraction of sp³-hybridized carbons (Fsp3) is 0.318. The van der Waals surface area contributed by atoms with Crippen LogP contribution in [0.4, 0.5) is 10.4 Å². The second-order valence-electron chi connectivity index (χ2n) is 7.94. The summed E-state index contributed by atoms with van der Waals surface area (Å²) < 4.78 is 27.3. The van der Waals surface area contributed by atoms with Gasteiger partial charge in [0.2, 0.25) is 10.9 Å². The van der Waals surface area contributed by atoms with Gasteiger partial charge >= 0.3 is 6.01 Å². The first-order chi connectivity index (χ1) is 16.4. The lowest BCUT2D eigenvalue weighted by Gasteiger charge is -2.21. The molecule has 12 heteroatoms. The summed E-state index contributed by atoms with van der Waals surface area (Å²) in [6, 6.07) is 3.92. The molecule has 0 saturated carbocycles. The molecule has 0 spiro atoms. The Morgan fingerprint density at radius 2 is 2.06 bits per heavy atom. The topological polar surface area (TPSA) is 94.5 Å². The van der Waals surface area contributed by atoms with Gasteiger partial charge in [-0.1, -0.05) is 25.1 Å². The molecule has 0 unspecified atom stereocenters. The van der Waals surface area contributed by atoms with Gasteiger partial charge in [-0.25, -0.2) is 14.5 Å². The van der Waals surface area contributed by atoms with Crippen molar-refractivity contribution in [2.24, 2.45) is 0 Å². The molecule has 4 aromatic rings. The van der Waals surface area contributed by atoms with Crippen molar-refractivity contribution >= 4 is 34.1 Å². The Morgan fingerprint density at radius 3 is 2.71 bits per heavy atom. The Labute approximate surface area is 203 Å². The van der Waals surface area contributed by atoms with Crippen LogP contribution >= 0.6 is 23.1 Å². The molecule has 0 N–H and O–H groups in total. The maximum Gasteiger partial charge on any atom is 0.328 e. The fourth-order valence-corrected chi connectivity index (χ4v) is 4.51. The normalized spacial score (nSPS) is 14.8. The second-order valence-corrected chi connectivity index (χ2v) is 9.68. The van der Waals surface area contributed by atoms with E-state index in [1.54, 1.807) is 22.8 Å². The van der Waals surface area contributed by atoms with Crippen LogP contribution in [-0.4, -0.2) is 48.6 Å². The van der Waals surface area contributed by atoms with E-state index < -0.39 is 5.95 Å². The van der Waals surface area contributed by atoms with Gasteiger partial charge in [0.15, 0.2) is 5.82 Å². The first kappa shape index (κ1) is 22.5. The highest BCUT2D eigenvalue weighted by Gasteiger charge is 2.20. The molecule has 34 heavy (non-hydrogen) atoms. The summed E-state index contributed by atoms with van der Waals surface area (Å²) in [6.07, 6.45) is 9.22. The number of thioether (sulfide) groups is 1. The van der Waals surface area contributed by atoms with Crippen molar-refractivity contribution in [1.29, 1.82) is 0 Å². The molecule has 0 aromatic carbocycles. The molecule has 0 amide bonds. The van der Waals surface area contributed by atoms with Crippen LogP contribution in [0, 0.1) is 5.95 Å². The van der Waals surface area contributed by atoms with Crippen molar-refractivity contribution in [1.82, 2.24) is 29.7 Å². The number of imidazole rings is 1. The van der Waals surface area contributed by atoms with E-state index in [4.69, 9.17) is 9.26 Å². The molecule has 0 bridgehead atoms. The number of rotatable bonds is 7. The zero-order chi connectivity index (χ0) is 23.8. The average Bonchev–Trinajstić information content (AvgIpc) is 3.54. The Morgan fingerprint density at radius 1 is 1.21 bits per heavy atom. The minimum absolute atomic E-state index is 0.206. The standard InChI is InChI=1S/C22H22FN7O2S2/c1-12(2)19-26-20(32-28-19)29-9-7-14(8-10-29)13(3)31-22-27-30-11-16(24-21(30)34-22)15-5-6-17(33-4)25-18(15)23/h5-9,11-13H,10H2,1-4H3/t13-/m0/s1. The number of hydrogen-bond donors (Lipinski definition) is 0. The summed E-state index contributed by atoms with van der Waals surface area (Å²) in [7, 11) is 0.